The number of aliphatic carboxylic acids is 1. The Labute approximate surface area is 110 Å². The Morgan fingerprint density at radius 2 is 2.16 bits per heavy atom. The molecule has 19 heavy (non-hydrogen) atoms. The van der Waals surface area contributed by atoms with Crippen molar-refractivity contribution in [3.05, 3.63) is 36.0 Å². The summed E-state index contributed by atoms with van der Waals surface area (Å²) in [6.07, 6.45) is 2.30. The van der Waals surface area contributed by atoms with Gasteiger partial charge in [-0.1, -0.05) is 6.07 Å². The van der Waals surface area contributed by atoms with Crippen LogP contribution in [0.25, 0.3) is 10.9 Å². The van der Waals surface area contributed by atoms with Gasteiger partial charge in [0.25, 0.3) is 5.91 Å². The Balaban J connectivity index is 2.00. The van der Waals surface area contributed by atoms with Gasteiger partial charge in [0.2, 0.25) is 0 Å². The van der Waals surface area contributed by atoms with Gasteiger partial charge in [-0.05, 0) is 36.9 Å². The SMILES string of the molecule is C[C@@H](CCC(=O)O)NC(=O)c1ccc2cc[nH]c2c1. The Morgan fingerprint density at radius 1 is 1.37 bits per heavy atom. The Hall–Kier alpha value is -2.30. The molecular weight excluding hydrogens is 244 g/mol. The van der Waals surface area contributed by atoms with Gasteiger partial charge in [0.15, 0.2) is 0 Å². The number of amides is 1. The van der Waals surface area contributed by atoms with Gasteiger partial charge in [-0.25, -0.2) is 0 Å². The molecule has 0 aliphatic carbocycles. The molecule has 0 unspecified atom stereocenters. The average molecular weight is 260 g/mol. The minimum atomic E-state index is -0.853. The topological polar surface area (TPSA) is 82.2 Å². The molecule has 2 aromatic rings. The Morgan fingerprint density at radius 3 is 2.89 bits per heavy atom. The fourth-order valence-corrected chi connectivity index (χ4v) is 1.91. The third-order valence-electron chi connectivity index (χ3n) is 2.99. The Bertz CT molecular complexity index is 604. The van der Waals surface area contributed by atoms with E-state index in [9.17, 15) is 9.59 Å². The van der Waals surface area contributed by atoms with E-state index in [1.165, 1.54) is 0 Å². The van der Waals surface area contributed by atoms with Gasteiger partial charge in [0, 0.05) is 29.7 Å². The van der Waals surface area contributed by atoms with Crippen molar-refractivity contribution in [1.82, 2.24) is 10.3 Å². The van der Waals surface area contributed by atoms with Crippen LogP contribution in [0.15, 0.2) is 30.5 Å². The summed E-state index contributed by atoms with van der Waals surface area (Å²) in [5.41, 5.74) is 1.47. The van der Waals surface area contributed by atoms with E-state index in [2.05, 4.69) is 10.3 Å². The number of hydrogen-bond donors (Lipinski definition) is 3. The fourth-order valence-electron chi connectivity index (χ4n) is 1.91. The number of nitrogens with one attached hydrogen (secondary N) is 2. The van der Waals surface area contributed by atoms with Crippen molar-refractivity contribution in [3.63, 3.8) is 0 Å². The van der Waals surface area contributed by atoms with Crippen LogP contribution in [0.5, 0.6) is 0 Å². The molecule has 3 N–H and O–H groups in total. The summed E-state index contributed by atoms with van der Waals surface area (Å²) in [7, 11) is 0. The average Bonchev–Trinajstić information content (AvgIpc) is 2.83. The molecule has 0 fully saturated rings. The minimum Gasteiger partial charge on any atom is -0.481 e. The molecule has 100 valence electrons. The van der Waals surface area contributed by atoms with Gasteiger partial charge in [-0.15, -0.1) is 0 Å². The molecule has 1 aromatic heterocycles. The highest BCUT2D eigenvalue weighted by Crippen LogP contribution is 2.14. The number of carbonyl (C=O) groups is 2. The summed E-state index contributed by atoms with van der Waals surface area (Å²) in [6.45, 7) is 1.80. The van der Waals surface area contributed by atoms with E-state index in [4.69, 9.17) is 5.11 Å². The van der Waals surface area contributed by atoms with E-state index in [1.54, 1.807) is 19.1 Å². The maximum atomic E-state index is 12.0. The lowest BCUT2D eigenvalue weighted by molar-refractivity contribution is -0.137. The zero-order valence-corrected chi connectivity index (χ0v) is 10.6. The van der Waals surface area contributed by atoms with E-state index < -0.39 is 5.97 Å². The van der Waals surface area contributed by atoms with Crippen LogP contribution >= 0.6 is 0 Å². The second-order valence-electron chi connectivity index (χ2n) is 4.59. The molecule has 5 heteroatoms. The number of carboxylic acid groups (broad SMARTS) is 1. The highest BCUT2D eigenvalue weighted by molar-refractivity contribution is 5.98. The monoisotopic (exact) mass is 260 g/mol. The van der Waals surface area contributed by atoms with Crippen molar-refractivity contribution in [2.45, 2.75) is 25.8 Å². The van der Waals surface area contributed by atoms with Crippen LogP contribution in [-0.2, 0) is 4.79 Å². The minimum absolute atomic E-state index is 0.0527. The summed E-state index contributed by atoms with van der Waals surface area (Å²) in [4.78, 5) is 25.5. The number of carbonyl (C=O) groups excluding carboxylic acids is 1. The lowest BCUT2D eigenvalue weighted by atomic mass is 10.1. The number of aromatic amines is 1. The predicted molar refractivity (Wildman–Crippen MR) is 72.1 cm³/mol. The van der Waals surface area contributed by atoms with Crippen LogP contribution in [0.1, 0.15) is 30.1 Å². The van der Waals surface area contributed by atoms with Gasteiger partial charge in [-0.2, -0.15) is 0 Å². The van der Waals surface area contributed by atoms with Crippen LogP contribution in [0.3, 0.4) is 0 Å². The lowest BCUT2D eigenvalue weighted by Gasteiger charge is -2.12. The smallest absolute Gasteiger partial charge is 0.303 e. The summed E-state index contributed by atoms with van der Waals surface area (Å²) in [6, 6.07) is 7.20. The van der Waals surface area contributed by atoms with Crippen LogP contribution in [0.4, 0.5) is 0 Å². The first-order valence-corrected chi connectivity index (χ1v) is 6.16. The fraction of sp³-hybridized carbons (Fsp3) is 0.286. The highest BCUT2D eigenvalue weighted by Gasteiger charge is 2.11. The number of rotatable bonds is 5. The molecule has 0 bridgehead atoms. The van der Waals surface area contributed by atoms with Crippen molar-refractivity contribution < 1.29 is 14.7 Å². The molecule has 0 saturated carbocycles. The summed E-state index contributed by atoms with van der Waals surface area (Å²) in [5.74, 6) is -1.04. The van der Waals surface area contributed by atoms with Crippen LogP contribution < -0.4 is 5.32 Å². The normalized spacial score (nSPS) is 12.3. The van der Waals surface area contributed by atoms with Crippen LogP contribution in [0, 0.1) is 0 Å². The third-order valence-corrected chi connectivity index (χ3v) is 2.99. The molecule has 0 spiro atoms. The van der Waals surface area contributed by atoms with Crippen molar-refractivity contribution in [1.29, 1.82) is 0 Å². The second-order valence-corrected chi connectivity index (χ2v) is 4.59. The molecule has 1 heterocycles. The maximum absolute atomic E-state index is 12.0. The van der Waals surface area contributed by atoms with Crippen molar-refractivity contribution in [3.8, 4) is 0 Å². The molecule has 0 aliphatic heterocycles. The van der Waals surface area contributed by atoms with Crippen molar-refractivity contribution in [2.75, 3.05) is 0 Å². The van der Waals surface area contributed by atoms with Gasteiger partial charge in [-0.3, -0.25) is 9.59 Å². The standard InChI is InChI=1S/C14H16N2O3/c1-9(2-5-13(17)18)16-14(19)11-4-3-10-6-7-15-12(10)8-11/h3-4,6-9,15H,2,5H2,1H3,(H,16,19)(H,17,18)/t9-/m0/s1. The number of hydrogen-bond acceptors (Lipinski definition) is 2. The first-order chi connectivity index (χ1) is 9.06. The number of carboxylic acids is 1. The van der Waals surface area contributed by atoms with E-state index in [-0.39, 0.29) is 18.4 Å². The van der Waals surface area contributed by atoms with E-state index in [1.807, 2.05) is 18.3 Å². The van der Waals surface area contributed by atoms with Gasteiger partial charge in [0.05, 0.1) is 0 Å². The van der Waals surface area contributed by atoms with Gasteiger partial charge >= 0.3 is 5.97 Å². The van der Waals surface area contributed by atoms with E-state index in [0.29, 0.717) is 12.0 Å². The van der Waals surface area contributed by atoms with Crippen LogP contribution in [-0.4, -0.2) is 28.0 Å². The largest absolute Gasteiger partial charge is 0.481 e. The molecule has 1 aromatic carbocycles. The molecule has 1 amide bonds. The number of aromatic nitrogens is 1. The molecule has 0 saturated heterocycles. The number of fused-ring (bicyclic) bond motifs is 1. The molecule has 0 aliphatic rings. The van der Waals surface area contributed by atoms with Crippen LogP contribution in [0.2, 0.25) is 0 Å². The maximum Gasteiger partial charge on any atom is 0.303 e. The number of benzene rings is 1. The summed E-state index contributed by atoms with van der Waals surface area (Å²) < 4.78 is 0. The lowest BCUT2D eigenvalue weighted by Crippen LogP contribution is -2.32. The summed E-state index contributed by atoms with van der Waals surface area (Å²) >= 11 is 0. The van der Waals surface area contributed by atoms with E-state index in [0.717, 1.165) is 10.9 Å². The molecule has 2 rings (SSSR count). The third kappa shape index (κ3) is 3.34. The summed E-state index contributed by atoms with van der Waals surface area (Å²) in [5, 5.41) is 12.4. The van der Waals surface area contributed by atoms with Crippen molar-refractivity contribution in [2.24, 2.45) is 0 Å². The predicted octanol–water partition coefficient (Wildman–Crippen LogP) is 2.15. The quantitative estimate of drug-likeness (QED) is 0.770. The Kier molecular flexibility index (Phi) is 3.85. The molecule has 0 radical (unpaired) electrons. The van der Waals surface area contributed by atoms with Gasteiger partial charge < -0.3 is 15.4 Å². The molecular formula is C14H16N2O3. The van der Waals surface area contributed by atoms with Crippen molar-refractivity contribution >= 4 is 22.8 Å². The zero-order chi connectivity index (χ0) is 13.8. The number of H-pyrrole nitrogens is 1. The van der Waals surface area contributed by atoms with Gasteiger partial charge in [0.1, 0.15) is 0 Å². The highest BCUT2D eigenvalue weighted by atomic mass is 16.4. The first-order valence-electron chi connectivity index (χ1n) is 6.16. The molecule has 1 atom stereocenters. The molecule has 5 nitrogen and oxygen atoms in total. The zero-order valence-electron chi connectivity index (χ0n) is 10.6. The second kappa shape index (κ2) is 5.56. The first kappa shape index (κ1) is 13.1. The van der Waals surface area contributed by atoms with E-state index >= 15 is 0 Å².